The number of rotatable bonds is 5. The average Bonchev–Trinajstić information content (AvgIpc) is 3.77. The highest BCUT2D eigenvalue weighted by atomic mass is 32.1. The molecule has 0 saturated heterocycles. The molecular weight excluding hydrogens is 661 g/mol. The molecule has 0 unspecified atom stereocenters. The molecule has 0 fully saturated rings. The van der Waals surface area contributed by atoms with Crippen molar-refractivity contribution < 1.29 is 0 Å². The fourth-order valence-corrected chi connectivity index (χ4v) is 9.39. The van der Waals surface area contributed by atoms with E-state index in [1.807, 2.05) is 11.3 Å². The fraction of sp³-hybridized carbons (Fsp3) is 0. The summed E-state index contributed by atoms with van der Waals surface area (Å²) in [5.41, 5.74) is 9.34. The summed E-state index contributed by atoms with van der Waals surface area (Å²) in [6.07, 6.45) is 0. The van der Waals surface area contributed by atoms with Gasteiger partial charge in [0.2, 0.25) is 0 Å². The normalized spacial score (nSPS) is 11.8. The quantitative estimate of drug-likeness (QED) is 0.174. The van der Waals surface area contributed by atoms with Gasteiger partial charge >= 0.3 is 0 Å². The van der Waals surface area contributed by atoms with Crippen molar-refractivity contribution >= 4 is 91.9 Å². The molecule has 0 aliphatic heterocycles. The minimum Gasteiger partial charge on any atom is -0.310 e. The summed E-state index contributed by atoms with van der Waals surface area (Å²) < 4.78 is 5.08. The first kappa shape index (κ1) is 30.0. The van der Waals surface area contributed by atoms with Crippen LogP contribution in [-0.2, 0) is 0 Å². The molecule has 0 N–H and O–H groups in total. The second-order valence-electron chi connectivity index (χ2n) is 13.7. The van der Waals surface area contributed by atoms with Crippen LogP contribution in [0.2, 0.25) is 0 Å². The minimum absolute atomic E-state index is 1.12. The molecular formula is C50H32N2S. The molecule has 53 heavy (non-hydrogen) atoms. The van der Waals surface area contributed by atoms with Gasteiger partial charge in [0.15, 0.2) is 0 Å². The van der Waals surface area contributed by atoms with Crippen molar-refractivity contribution in [2.45, 2.75) is 0 Å². The molecule has 0 aliphatic carbocycles. The smallest absolute Gasteiger partial charge is 0.0619 e. The maximum atomic E-state index is 2.47. The van der Waals surface area contributed by atoms with Crippen LogP contribution >= 0.6 is 11.3 Å². The Morgan fingerprint density at radius 2 is 1.06 bits per heavy atom. The molecule has 2 nitrogen and oxygen atoms in total. The number of hydrogen-bond donors (Lipinski definition) is 0. The van der Waals surface area contributed by atoms with Crippen molar-refractivity contribution in [2.24, 2.45) is 0 Å². The van der Waals surface area contributed by atoms with Crippen LogP contribution in [0.15, 0.2) is 194 Å². The molecule has 0 amide bonds. The monoisotopic (exact) mass is 692 g/mol. The Morgan fingerprint density at radius 3 is 1.94 bits per heavy atom. The van der Waals surface area contributed by atoms with Crippen molar-refractivity contribution in [1.29, 1.82) is 0 Å². The van der Waals surface area contributed by atoms with Gasteiger partial charge in [-0.1, -0.05) is 133 Å². The molecule has 11 aromatic rings. The number of aromatic nitrogens is 1. The zero-order valence-electron chi connectivity index (χ0n) is 28.8. The summed E-state index contributed by atoms with van der Waals surface area (Å²) in [4.78, 5) is 2.45. The predicted molar refractivity (Wildman–Crippen MR) is 229 cm³/mol. The van der Waals surface area contributed by atoms with E-state index in [0.29, 0.717) is 0 Å². The van der Waals surface area contributed by atoms with Crippen LogP contribution in [0.25, 0.3) is 80.3 Å². The highest BCUT2D eigenvalue weighted by Crippen LogP contribution is 2.46. The third kappa shape index (κ3) is 4.78. The van der Waals surface area contributed by atoms with E-state index in [-0.39, 0.29) is 0 Å². The number of nitrogens with zero attached hydrogens (tertiary/aromatic N) is 2. The third-order valence-electron chi connectivity index (χ3n) is 10.7. The molecule has 2 heterocycles. The molecule has 11 rings (SSSR count). The Bertz CT molecular complexity index is 3190. The van der Waals surface area contributed by atoms with Gasteiger partial charge in [-0.25, -0.2) is 0 Å². The summed E-state index contributed by atoms with van der Waals surface area (Å²) in [5.74, 6) is 0. The first-order valence-corrected chi connectivity index (χ1v) is 18.9. The third-order valence-corrected chi connectivity index (χ3v) is 11.9. The van der Waals surface area contributed by atoms with Crippen molar-refractivity contribution in [3.8, 4) is 16.8 Å². The average molecular weight is 693 g/mol. The first-order valence-electron chi connectivity index (χ1n) is 18.1. The van der Waals surface area contributed by atoms with Crippen LogP contribution in [-0.4, -0.2) is 4.57 Å². The van der Waals surface area contributed by atoms with Gasteiger partial charge in [0.25, 0.3) is 0 Å². The molecule has 0 atom stereocenters. The summed E-state index contributed by atoms with van der Waals surface area (Å²) >= 11 is 1.86. The lowest BCUT2D eigenvalue weighted by molar-refractivity contribution is 1.19. The summed E-state index contributed by atoms with van der Waals surface area (Å²) in [5, 5.41) is 10.0. The first-order chi connectivity index (χ1) is 26.3. The minimum atomic E-state index is 1.12. The molecule has 9 aromatic carbocycles. The van der Waals surface area contributed by atoms with Crippen LogP contribution in [0.5, 0.6) is 0 Å². The SMILES string of the molecule is c1ccc(-c2ccccc2N(c2ccc3sc4ccccc4c3c2)c2ccc3c(c2)c2ccc4ccccc4c2n3-c2ccc3ccccc3c2)cc1. The molecule has 0 spiro atoms. The molecule has 2 aromatic heterocycles. The number of benzene rings is 9. The van der Waals surface area contributed by atoms with Crippen LogP contribution in [0.4, 0.5) is 17.1 Å². The van der Waals surface area contributed by atoms with Gasteiger partial charge < -0.3 is 9.47 Å². The van der Waals surface area contributed by atoms with Crippen molar-refractivity contribution in [3.05, 3.63) is 194 Å². The van der Waals surface area contributed by atoms with Gasteiger partial charge in [-0.05, 0) is 82.4 Å². The number of thiophene rings is 1. The molecule has 0 aliphatic rings. The van der Waals surface area contributed by atoms with E-state index in [9.17, 15) is 0 Å². The van der Waals surface area contributed by atoms with Crippen LogP contribution in [0, 0.1) is 0 Å². The van der Waals surface area contributed by atoms with E-state index >= 15 is 0 Å². The summed E-state index contributed by atoms with van der Waals surface area (Å²) in [6, 6.07) is 71.1. The van der Waals surface area contributed by atoms with Crippen LogP contribution in [0.3, 0.4) is 0 Å². The van der Waals surface area contributed by atoms with E-state index < -0.39 is 0 Å². The topological polar surface area (TPSA) is 8.17 Å². The highest BCUT2D eigenvalue weighted by Gasteiger charge is 2.21. The Hall–Kier alpha value is -6.68. The van der Waals surface area contributed by atoms with E-state index in [0.717, 1.165) is 22.7 Å². The lowest BCUT2D eigenvalue weighted by atomic mass is 10.0. The zero-order valence-corrected chi connectivity index (χ0v) is 29.6. The number of para-hydroxylation sites is 1. The van der Waals surface area contributed by atoms with Gasteiger partial charge in [0.05, 0.1) is 16.7 Å². The van der Waals surface area contributed by atoms with Gasteiger partial charge in [-0.15, -0.1) is 11.3 Å². The maximum Gasteiger partial charge on any atom is 0.0619 e. The Balaban J connectivity index is 1.21. The number of anilines is 3. The van der Waals surface area contributed by atoms with Gasteiger partial charge in [-0.3, -0.25) is 0 Å². The van der Waals surface area contributed by atoms with E-state index in [1.165, 1.54) is 74.6 Å². The van der Waals surface area contributed by atoms with Crippen LogP contribution < -0.4 is 4.90 Å². The largest absolute Gasteiger partial charge is 0.310 e. The second-order valence-corrected chi connectivity index (χ2v) is 14.8. The highest BCUT2D eigenvalue weighted by molar-refractivity contribution is 7.25. The van der Waals surface area contributed by atoms with E-state index in [1.54, 1.807) is 0 Å². The summed E-state index contributed by atoms with van der Waals surface area (Å²) in [6.45, 7) is 0. The number of hydrogen-bond acceptors (Lipinski definition) is 2. The van der Waals surface area contributed by atoms with Gasteiger partial charge in [0.1, 0.15) is 0 Å². The lowest BCUT2D eigenvalue weighted by Crippen LogP contribution is -2.11. The van der Waals surface area contributed by atoms with Crippen LogP contribution in [0.1, 0.15) is 0 Å². The van der Waals surface area contributed by atoms with Crippen molar-refractivity contribution in [2.75, 3.05) is 4.90 Å². The molecule has 3 heteroatoms. The van der Waals surface area contributed by atoms with Crippen molar-refractivity contribution in [1.82, 2.24) is 4.57 Å². The lowest BCUT2D eigenvalue weighted by Gasteiger charge is -2.28. The van der Waals surface area contributed by atoms with Gasteiger partial charge in [-0.2, -0.15) is 0 Å². The number of fused-ring (bicyclic) bond motifs is 9. The fourth-order valence-electron chi connectivity index (χ4n) is 8.30. The standard InChI is InChI=1S/C50H32N2S/c1-2-13-34(14-3-1)40-17-8-10-20-46(40)51(39-26-29-49-45(32-39)42-19-9-11-21-48(42)53-49)38-25-28-47-44(31-38)43-27-23-35-15-6-7-18-41(35)50(43)52(47)37-24-22-33-12-4-5-16-36(33)30-37/h1-32H. The Kier molecular flexibility index (Phi) is 6.76. The summed E-state index contributed by atoms with van der Waals surface area (Å²) in [7, 11) is 0. The zero-order chi connectivity index (χ0) is 34.9. The predicted octanol–water partition coefficient (Wildman–Crippen LogP) is 14.6. The molecule has 0 radical (unpaired) electrons. The van der Waals surface area contributed by atoms with Crippen molar-refractivity contribution in [3.63, 3.8) is 0 Å². The Labute approximate surface area is 311 Å². The maximum absolute atomic E-state index is 2.47. The molecule has 0 saturated carbocycles. The second kappa shape index (κ2) is 11.9. The Morgan fingerprint density at radius 1 is 0.396 bits per heavy atom. The van der Waals surface area contributed by atoms with E-state index in [2.05, 4.69) is 204 Å². The molecule has 0 bridgehead atoms. The molecule has 248 valence electrons. The van der Waals surface area contributed by atoms with Gasteiger partial charge in [0, 0.05) is 59.0 Å². The van der Waals surface area contributed by atoms with E-state index in [4.69, 9.17) is 0 Å².